The average molecular weight is 286 g/mol. The summed E-state index contributed by atoms with van der Waals surface area (Å²) < 4.78 is 0. The molecule has 1 saturated heterocycles. The number of rotatable bonds is 1. The Balaban J connectivity index is 1.77. The predicted octanol–water partition coefficient (Wildman–Crippen LogP) is 4.11. The van der Waals surface area contributed by atoms with Crippen LogP contribution in [0.15, 0.2) is 12.3 Å². The fraction of sp³-hybridized carbons (Fsp3) is 0.737. The molecule has 2 nitrogen and oxygen atoms in total. The molecular formula is C19H30N2. The highest BCUT2D eigenvalue weighted by atomic mass is 15.2. The van der Waals surface area contributed by atoms with Crippen molar-refractivity contribution in [2.45, 2.75) is 77.2 Å². The van der Waals surface area contributed by atoms with Crippen LogP contribution in [0.4, 0.5) is 0 Å². The Morgan fingerprint density at radius 1 is 1.05 bits per heavy atom. The molecule has 0 radical (unpaired) electrons. The summed E-state index contributed by atoms with van der Waals surface area (Å²) in [6.07, 6.45) is 11.3. The molecule has 0 bridgehead atoms. The Kier molecular flexibility index (Phi) is 4.35. The molecule has 116 valence electrons. The minimum Gasteiger partial charge on any atom is -0.300 e. The third-order valence-corrected chi connectivity index (χ3v) is 5.28. The first kappa shape index (κ1) is 15.0. The van der Waals surface area contributed by atoms with Gasteiger partial charge < -0.3 is 4.90 Å². The molecule has 1 aromatic heterocycles. The maximum absolute atomic E-state index is 4.80. The fourth-order valence-electron chi connectivity index (χ4n) is 3.83. The first-order valence-corrected chi connectivity index (χ1v) is 8.76. The minimum atomic E-state index is 0.207. The van der Waals surface area contributed by atoms with Gasteiger partial charge in [0.25, 0.3) is 0 Å². The summed E-state index contributed by atoms with van der Waals surface area (Å²) in [5.74, 6) is 0. The zero-order valence-corrected chi connectivity index (χ0v) is 14.0. The summed E-state index contributed by atoms with van der Waals surface area (Å²) in [4.78, 5) is 7.54. The van der Waals surface area contributed by atoms with Crippen LogP contribution in [0.3, 0.4) is 0 Å². The molecule has 0 saturated carbocycles. The summed E-state index contributed by atoms with van der Waals surface area (Å²) in [6.45, 7) is 9.51. The molecule has 2 heteroatoms. The van der Waals surface area contributed by atoms with Gasteiger partial charge in [-0.25, -0.2) is 0 Å². The number of nitrogens with zero attached hydrogens (tertiary/aromatic N) is 2. The number of hydrogen-bond donors (Lipinski definition) is 0. The van der Waals surface area contributed by atoms with Crippen molar-refractivity contribution in [3.8, 4) is 0 Å². The molecule has 1 aliphatic heterocycles. The summed E-state index contributed by atoms with van der Waals surface area (Å²) >= 11 is 0. The number of hydrogen-bond acceptors (Lipinski definition) is 2. The molecule has 2 heterocycles. The summed E-state index contributed by atoms with van der Waals surface area (Å²) in [5.41, 5.74) is 4.48. The third-order valence-electron chi connectivity index (χ3n) is 5.28. The van der Waals surface area contributed by atoms with E-state index in [1.54, 1.807) is 0 Å². The van der Waals surface area contributed by atoms with Gasteiger partial charge in [0, 0.05) is 17.9 Å². The Hall–Kier alpha value is -0.890. The molecule has 21 heavy (non-hydrogen) atoms. The van der Waals surface area contributed by atoms with E-state index in [1.165, 1.54) is 74.9 Å². The van der Waals surface area contributed by atoms with E-state index in [0.717, 1.165) is 6.04 Å². The van der Waals surface area contributed by atoms with Crippen molar-refractivity contribution in [2.24, 2.45) is 0 Å². The van der Waals surface area contributed by atoms with Crippen molar-refractivity contribution in [1.29, 1.82) is 0 Å². The van der Waals surface area contributed by atoms with Crippen LogP contribution in [0.2, 0.25) is 0 Å². The Morgan fingerprint density at radius 2 is 1.81 bits per heavy atom. The summed E-state index contributed by atoms with van der Waals surface area (Å²) in [5, 5.41) is 0. The van der Waals surface area contributed by atoms with Crippen molar-refractivity contribution in [1.82, 2.24) is 9.88 Å². The first-order valence-electron chi connectivity index (χ1n) is 8.76. The van der Waals surface area contributed by atoms with Gasteiger partial charge >= 0.3 is 0 Å². The lowest BCUT2D eigenvalue weighted by molar-refractivity contribution is 0.213. The highest BCUT2D eigenvalue weighted by Gasteiger charge is 2.24. The predicted molar refractivity (Wildman–Crippen MR) is 88.8 cm³/mol. The van der Waals surface area contributed by atoms with E-state index in [-0.39, 0.29) is 5.41 Å². The van der Waals surface area contributed by atoms with Crippen LogP contribution in [0, 0.1) is 0 Å². The zero-order chi connectivity index (χ0) is 14.9. The van der Waals surface area contributed by atoms with E-state index in [1.807, 2.05) is 0 Å². The van der Waals surface area contributed by atoms with Crippen LogP contribution in [-0.4, -0.2) is 29.0 Å². The van der Waals surface area contributed by atoms with Gasteiger partial charge in [-0.3, -0.25) is 4.98 Å². The van der Waals surface area contributed by atoms with Gasteiger partial charge in [-0.15, -0.1) is 0 Å². The summed E-state index contributed by atoms with van der Waals surface area (Å²) in [7, 11) is 0. The van der Waals surface area contributed by atoms with Crippen molar-refractivity contribution in [3.05, 3.63) is 29.1 Å². The standard InChI is InChI=1S/C19H30N2/c1-19(2,3)16-13-15-9-10-17(21-11-4-5-12-21)7-6-8-18(15)20-14-16/h13-14,17H,4-12H2,1-3H3. The van der Waals surface area contributed by atoms with Gasteiger partial charge in [0.1, 0.15) is 0 Å². The molecule has 0 amide bonds. The van der Waals surface area contributed by atoms with Gasteiger partial charge in [-0.2, -0.15) is 0 Å². The molecule has 1 fully saturated rings. The monoisotopic (exact) mass is 286 g/mol. The van der Waals surface area contributed by atoms with E-state index >= 15 is 0 Å². The Bertz CT molecular complexity index is 481. The second-order valence-corrected chi connectivity index (χ2v) is 7.91. The van der Waals surface area contributed by atoms with Gasteiger partial charge in [-0.1, -0.05) is 26.8 Å². The van der Waals surface area contributed by atoms with E-state index in [9.17, 15) is 0 Å². The lowest BCUT2D eigenvalue weighted by Crippen LogP contribution is -2.34. The summed E-state index contributed by atoms with van der Waals surface area (Å²) in [6, 6.07) is 3.26. The Morgan fingerprint density at radius 3 is 2.52 bits per heavy atom. The van der Waals surface area contributed by atoms with Crippen LogP contribution in [0.25, 0.3) is 0 Å². The van der Waals surface area contributed by atoms with E-state index < -0.39 is 0 Å². The largest absolute Gasteiger partial charge is 0.300 e. The van der Waals surface area contributed by atoms with Crippen LogP contribution >= 0.6 is 0 Å². The van der Waals surface area contributed by atoms with Gasteiger partial charge in [-0.05, 0) is 74.6 Å². The number of fused-ring (bicyclic) bond motifs is 1. The molecule has 1 aromatic rings. The highest BCUT2D eigenvalue weighted by molar-refractivity contribution is 5.30. The van der Waals surface area contributed by atoms with Gasteiger partial charge in [0.15, 0.2) is 0 Å². The molecule has 0 aromatic carbocycles. The maximum atomic E-state index is 4.80. The van der Waals surface area contributed by atoms with Crippen LogP contribution in [0.5, 0.6) is 0 Å². The number of aromatic nitrogens is 1. The second kappa shape index (κ2) is 6.08. The van der Waals surface area contributed by atoms with Crippen LogP contribution in [0.1, 0.15) is 69.7 Å². The van der Waals surface area contributed by atoms with Crippen molar-refractivity contribution in [3.63, 3.8) is 0 Å². The molecule has 1 atom stereocenters. The zero-order valence-electron chi connectivity index (χ0n) is 14.0. The van der Waals surface area contributed by atoms with Gasteiger partial charge in [0.2, 0.25) is 0 Å². The van der Waals surface area contributed by atoms with Crippen LogP contribution < -0.4 is 0 Å². The molecule has 1 unspecified atom stereocenters. The van der Waals surface area contributed by atoms with Crippen LogP contribution in [-0.2, 0) is 18.3 Å². The molecule has 1 aliphatic carbocycles. The number of likely N-dealkylation sites (tertiary alicyclic amines) is 1. The topological polar surface area (TPSA) is 16.1 Å². The number of pyridine rings is 1. The van der Waals surface area contributed by atoms with Crippen molar-refractivity contribution in [2.75, 3.05) is 13.1 Å². The van der Waals surface area contributed by atoms with Crippen molar-refractivity contribution >= 4 is 0 Å². The molecular weight excluding hydrogens is 256 g/mol. The first-order chi connectivity index (χ1) is 10.0. The van der Waals surface area contributed by atoms with E-state index in [4.69, 9.17) is 4.98 Å². The highest BCUT2D eigenvalue weighted by Crippen LogP contribution is 2.28. The average Bonchev–Trinajstić information content (AvgIpc) is 2.92. The SMILES string of the molecule is CC(C)(C)c1cnc2c(c1)CCC(N1CCCC1)CCC2. The van der Waals surface area contributed by atoms with E-state index in [2.05, 4.69) is 37.9 Å². The molecule has 3 rings (SSSR count). The third kappa shape index (κ3) is 3.48. The maximum Gasteiger partial charge on any atom is 0.0435 e. The normalized spacial score (nSPS) is 24.4. The minimum absolute atomic E-state index is 0.207. The second-order valence-electron chi connectivity index (χ2n) is 7.91. The smallest absolute Gasteiger partial charge is 0.0435 e. The lowest BCUT2D eigenvalue weighted by atomic mass is 9.85. The van der Waals surface area contributed by atoms with Gasteiger partial charge in [0.05, 0.1) is 0 Å². The van der Waals surface area contributed by atoms with E-state index in [0.29, 0.717) is 0 Å². The molecule has 0 spiro atoms. The quantitative estimate of drug-likeness (QED) is 0.772. The molecule has 2 aliphatic rings. The van der Waals surface area contributed by atoms with Crippen molar-refractivity contribution < 1.29 is 0 Å². The fourth-order valence-corrected chi connectivity index (χ4v) is 3.83. The number of aryl methyl sites for hydroxylation is 2. The lowest BCUT2D eigenvalue weighted by Gasteiger charge is -2.30. The Labute approximate surface area is 130 Å². The molecule has 0 N–H and O–H groups in total.